The van der Waals surface area contributed by atoms with Crippen molar-refractivity contribution in [1.29, 1.82) is 0 Å². The molecule has 1 aliphatic heterocycles. The van der Waals surface area contributed by atoms with Crippen molar-refractivity contribution in [1.82, 2.24) is 0 Å². The third kappa shape index (κ3) is 9.48. The highest BCUT2D eigenvalue weighted by molar-refractivity contribution is 5.66. The van der Waals surface area contributed by atoms with E-state index in [9.17, 15) is 20.1 Å². The van der Waals surface area contributed by atoms with Gasteiger partial charge in [0, 0.05) is 12.8 Å². The third-order valence-corrected chi connectivity index (χ3v) is 4.56. The van der Waals surface area contributed by atoms with E-state index in [-0.39, 0.29) is 12.5 Å². The van der Waals surface area contributed by atoms with Gasteiger partial charge < -0.3 is 25.2 Å². The molecule has 0 amide bonds. The average molecular weight is 370 g/mol. The van der Waals surface area contributed by atoms with E-state index in [0.717, 1.165) is 25.7 Å². The molecule has 1 heterocycles. The van der Waals surface area contributed by atoms with Gasteiger partial charge in [0.25, 0.3) is 0 Å². The maximum absolute atomic E-state index is 10.4. The molecule has 6 heteroatoms. The number of aliphatic carboxylic acids is 1. The largest absolute Gasteiger partial charge is 0.481 e. The first-order valence-electron chi connectivity index (χ1n) is 9.68. The summed E-state index contributed by atoms with van der Waals surface area (Å²) in [5.74, 6) is -0.804. The zero-order valence-electron chi connectivity index (χ0n) is 15.7. The molecular formula is C20H34O6. The van der Waals surface area contributed by atoms with Crippen molar-refractivity contribution in [3.63, 3.8) is 0 Å². The predicted molar refractivity (Wildman–Crippen MR) is 99.8 cm³/mol. The maximum atomic E-state index is 10.4. The van der Waals surface area contributed by atoms with Crippen LogP contribution >= 0.6 is 0 Å². The number of aliphatic hydroxyl groups excluding tert-OH is 3. The molecule has 1 aliphatic rings. The first-order valence-corrected chi connectivity index (χ1v) is 9.68. The second kappa shape index (κ2) is 13.0. The van der Waals surface area contributed by atoms with Crippen LogP contribution in [0.1, 0.15) is 64.7 Å². The summed E-state index contributed by atoms with van der Waals surface area (Å²) < 4.78 is 5.76. The van der Waals surface area contributed by atoms with Gasteiger partial charge >= 0.3 is 5.97 Å². The fraction of sp³-hybridized carbons (Fsp3) is 0.750. The van der Waals surface area contributed by atoms with E-state index in [2.05, 4.69) is 6.92 Å². The minimum atomic E-state index is -0.852. The molecule has 26 heavy (non-hydrogen) atoms. The van der Waals surface area contributed by atoms with E-state index < -0.39 is 30.4 Å². The van der Waals surface area contributed by atoms with Crippen molar-refractivity contribution >= 4 is 5.97 Å². The topological polar surface area (TPSA) is 107 Å². The Kier molecular flexibility index (Phi) is 11.4. The summed E-state index contributed by atoms with van der Waals surface area (Å²) in [5.41, 5.74) is 0. The number of carboxylic acid groups (broad SMARTS) is 1. The minimum absolute atomic E-state index is 0.145. The first kappa shape index (κ1) is 22.8. The van der Waals surface area contributed by atoms with Crippen LogP contribution in [0.5, 0.6) is 0 Å². The molecule has 0 aromatic carbocycles. The molecular weight excluding hydrogens is 336 g/mol. The van der Waals surface area contributed by atoms with Gasteiger partial charge in [-0.3, -0.25) is 4.79 Å². The van der Waals surface area contributed by atoms with Crippen molar-refractivity contribution < 1.29 is 30.0 Å². The molecule has 0 aromatic heterocycles. The number of unbranched alkanes of at least 4 members (excludes halogenated alkanes) is 3. The lowest BCUT2D eigenvalue weighted by atomic mass is 10.0. The van der Waals surface area contributed by atoms with Crippen molar-refractivity contribution in [2.24, 2.45) is 0 Å². The Morgan fingerprint density at radius 1 is 1.19 bits per heavy atom. The molecule has 150 valence electrons. The standard InChI is InChI=1S/C20H34O6/c1-2-3-6-10-18-17(23)14-19(26-18)16(22)13-12-15(21)9-7-4-5-8-11-20(24)25/h4,7,12-13,15-19,21-23H,2-3,5-6,8-11,14H2,1H3,(H,24,25)/b7-4-,13-12-/t15-,16-,17+,18+,19+/m0/s1. The second-order valence-corrected chi connectivity index (χ2v) is 6.95. The van der Waals surface area contributed by atoms with Crippen molar-refractivity contribution in [3.8, 4) is 0 Å². The van der Waals surface area contributed by atoms with Crippen LogP contribution < -0.4 is 0 Å². The number of hydrogen-bond donors (Lipinski definition) is 4. The van der Waals surface area contributed by atoms with Gasteiger partial charge in [0.2, 0.25) is 0 Å². The molecule has 0 radical (unpaired) electrons. The summed E-state index contributed by atoms with van der Waals surface area (Å²) in [4.78, 5) is 10.4. The molecule has 0 unspecified atom stereocenters. The number of aliphatic hydroxyl groups is 3. The Hall–Kier alpha value is -1.21. The Balaban J connectivity index is 2.27. The molecule has 1 saturated heterocycles. The zero-order valence-corrected chi connectivity index (χ0v) is 15.7. The van der Waals surface area contributed by atoms with Gasteiger partial charge in [0.15, 0.2) is 0 Å². The van der Waals surface area contributed by atoms with E-state index in [1.165, 1.54) is 12.2 Å². The molecule has 0 spiro atoms. The van der Waals surface area contributed by atoms with E-state index in [0.29, 0.717) is 25.7 Å². The van der Waals surface area contributed by atoms with Crippen LogP contribution in [0.3, 0.4) is 0 Å². The lowest BCUT2D eigenvalue weighted by Gasteiger charge is -2.17. The summed E-state index contributed by atoms with van der Waals surface area (Å²) in [6, 6.07) is 0. The first-order chi connectivity index (χ1) is 12.4. The SMILES string of the molecule is CCCCC[C@H]1O[C@@H]([C@@H](O)/C=C\[C@@H](O)C/C=C\CCCC(=O)O)C[C@H]1O. The monoisotopic (exact) mass is 370 g/mol. The van der Waals surface area contributed by atoms with E-state index in [4.69, 9.17) is 9.84 Å². The van der Waals surface area contributed by atoms with Crippen molar-refractivity contribution in [3.05, 3.63) is 24.3 Å². The summed E-state index contributed by atoms with van der Waals surface area (Å²) >= 11 is 0. The molecule has 0 bridgehead atoms. The number of carbonyl (C=O) groups is 1. The van der Waals surface area contributed by atoms with Gasteiger partial charge in [0.1, 0.15) is 0 Å². The van der Waals surface area contributed by atoms with E-state index in [1.54, 1.807) is 0 Å². The van der Waals surface area contributed by atoms with Crippen LogP contribution in [0.15, 0.2) is 24.3 Å². The molecule has 5 atom stereocenters. The number of rotatable bonds is 13. The van der Waals surface area contributed by atoms with Crippen LogP contribution in [-0.2, 0) is 9.53 Å². The fourth-order valence-electron chi connectivity index (χ4n) is 3.01. The number of carboxylic acids is 1. The quantitative estimate of drug-likeness (QED) is 0.293. The van der Waals surface area contributed by atoms with Gasteiger partial charge in [-0.25, -0.2) is 0 Å². The number of hydrogen-bond acceptors (Lipinski definition) is 5. The van der Waals surface area contributed by atoms with Crippen molar-refractivity contribution in [2.45, 2.75) is 95.2 Å². The Morgan fingerprint density at radius 2 is 1.96 bits per heavy atom. The minimum Gasteiger partial charge on any atom is -0.481 e. The fourth-order valence-corrected chi connectivity index (χ4v) is 3.01. The van der Waals surface area contributed by atoms with Crippen LogP contribution in [0.4, 0.5) is 0 Å². The molecule has 0 saturated carbocycles. The smallest absolute Gasteiger partial charge is 0.303 e. The number of allylic oxidation sites excluding steroid dienone is 1. The normalized spacial score (nSPS) is 25.9. The summed E-state index contributed by atoms with van der Waals surface area (Å²) in [6.07, 6.45) is 10.2. The van der Waals surface area contributed by atoms with Crippen molar-refractivity contribution in [2.75, 3.05) is 0 Å². The highest BCUT2D eigenvalue weighted by Crippen LogP contribution is 2.27. The van der Waals surface area contributed by atoms with E-state index in [1.807, 2.05) is 12.2 Å². The zero-order chi connectivity index (χ0) is 19.4. The Labute approximate surface area is 156 Å². The predicted octanol–water partition coefficient (Wildman–Crippen LogP) is 2.56. The van der Waals surface area contributed by atoms with Crippen LogP contribution in [0.2, 0.25) is 0 Å². The van der Waals surface area contributed by atoms with Gasteiger partial charge in [-0.2, -0.15) is 0 Å². The number of ether oxygens (including phenoxy) is 1. The molecule has 0 aliphatic carbocycles. The molecule has 1 fully saturated rings. The third-order valence-electron chi connectivity index (χ3n) is 4.56. The summed E-state index contributed by atoms with van der Waals surface area (Å²) in [5, 5.41) is 38.7. The molecule has 4 N–H and O–H groups in total. The second-order valence-electron chi connectivity index (χ2n) is 6.95. The molecule has 0 aromatic rings. The molecule has 1 rings (SSSR count). The van der Waals surface area contributed by atoms with Gasteiger partial charge in [-0.1, -0.05) is 50.5 Å². The van der Waals surface area contributed by atoms with Crippen LogP contribution in [0.25, 0.3) is 0 Å². The lowest BCUT2D eigenvalue weighted by Crippen LogP contribution is -2.25. The highest BCUT2D eigenvalue weighted by Gasteiger charge is 2.36. The Morgan fingerprint density at radius 3 is 2.65 bits per heavy atom. The average Bonchev–Trinajstić information content (AvgIpc) is 2.97. The van der Waals surface area contributed by atoms with Gasteiger partial charge in [-0.15, -0.1) is 0 Å². The van der Waals surface area contributed by atoms with Gasteiger partial charge in [-0.05, 0) is 25.7 Å². The summed E-state index contributed by atoms with van der Waals surface area (Å²) in [6.45, 7) is 2.12. The highest BCUT2D eigenvalue weighted by atomic mass is 16.5. The van der Waals surface area contributed by atoms with Gasteiger partial charge in [0.05, 0.1) is 30.5 Å². The van der Waals surface area contributed by atoms with Crippen LogP contribution in [0, 0.1) is 0 Å². The summed E-state index contributed by atoms with van der Waals surface area (Å²) in [7, 11) is 0. The maximum Gasteiger partial charge on any atom is 0.303 e. The van der Waals surface area contributed by atoms with Crippen LogP contribution in [-0.4, -0.2) is 56.9 Å². The lowest BCUT2D eigenvalue weighted by molar-refractivity contribution is -0.137. The van der Waals surface area contributed by atoms with E-state index >= 15 is 0 Å². The molecule has 6 nitrogen and oxygen atoms in total. The Bertz CT molecular complexity index is 448.